The lowest BCUT2D eigenvalue weighted by molar-refractivity contribution is 0.410. The van der Waals surface area contributed by atoms with Crippen LogP contribution in [0.2, 0.25) is 0 Å². The summed E-state index contributed by atoms with van der Waals surface area (Å²) in [6, 6.07) is 9.63. The first-order chi connectivity index (χ1) is 9.78. The SMILES string of the molecule is CCCNC(CSc1ccc(C)cc1)CC1CCCC1. The van der Waals surface area contributed by atoms with Crippen LogP contribution in [0.1, 0.15) is 51.0 Å². The summed E-state index contributed by atoms with van der Waals surface area (Å²) in [7, 11) is 0. The van der Waals surface area contributed by atoms with Crippen molar-refractivity contribution < 1.29 is 0 Å². The van der Waals surface area contributed by atoms with Crippen LogP contribution in [0.3, 0.4) is 0 Å². The molecule has 0 saturated heterocycles. The Morgan fingerprint density at radius 1 is 1.20 bits per heavy atom. The summed E-state index contributed by atoms with van der Waals surface area (Å²) < 4.78 is 0. The number of thioether (sulfide) groups is 1. The second-order valence-corrected chi connectivity index (χ2v) is 7.25. The molecular formula is C18H29NS. The smallest absolute Gasteiger partial charge is 0.0164 e. The lowest BCUT2D eigenvalue weighted by atomic mass is 9.99. The van der Waals surface area contributed by atoms with Crippen molar-refractivity contribution in [1.29, 1.82) is 0 Å². The van der Waals surface area contributed by atoms with Crippen molar-refractivity contribution in [1.82, 2.24) is 5.32 Å². The van der Waals surface area contributed by atoms with Gasteiger partial charge in [-0.3, -0.25) is 0 Å². The minimum Gasteiger partial charge on any atom is -0.313 e. The van der Waals surface area contributed by atoms with E-state index in [1.807, 2.05) is 11.8 Å². The summed E-state index contributed by atoms with van der Waals surface area (Å²) >= 11 is 2.01. The molecule has 0 radical (unpaired) electrons. The summed E-state index contributed by atoms with van der Waals surface area (Å²) in [5, 5.41) is 3.76. The van der Waals surface area contributed by atoms with E-state index in [9.17, 15) is 0 Å². The Balaban J connectivity index is 1.80. The molecule has 1 aromatic carbocycles. The third-order valence-electron chi connectivity index (χ3n) is 4.25. The molecule has 1 aliphatic rings. The molecule has 1 fully saturated rings. The molecule has 0 heterocycles. The van der Waals surface area contributed by atoms with Gasteiger partial charge in [0.1, 0.15) is 0 Å². The minimum absolute atomic E-state index is 0.685. The molecule has 0 amide bonds. The van der Waals surface area contributed by atoms with Crippen LogP contribution < -0.4 is 5.32 Å². The Labute approximate surface area is 128 Å². The topological polar surface area (TPSA) is 12.0 Å². The van der Waals surface area contributed by atoms with Crippen molar-refractivity contribution in [2.45, 2.75) is 63.3 Å². The second kappa shape index (κ2) is 8.74. The van der Waals surface area contributed by atoms with E-state index in [-0.39, 0.29) is 0 Å². The summed E-state index contributed by atoms with van der Waals surface area (Å²) in [6.45, 7) is 5.57. The van der Waals surface area contributed by atoms with Gasteiger partial charge in [0.25, 0.3) is 0 Å². The van der Waals surface area contributed by atoms with E-state index in [1.165, 1.54) is 54.7 Å². The number of hydrogen-bond donors (Lipinski definition) is 1. The van der Waals surface area contributed by atoms with Gasteiger partial charge in [0.05, 0.1) is 0 Å². The van der Waals surface area contributed by atoms with Crippen LogP contribution >= 0.6 is 11.8 Å². The van der Waals surface area contributed by atoms with Crippen LogP contribution in [-0.4, -0.2) is 18.3 Å². The fourth-order valence-corrected chi connectivity index (χ4v) is 4.01. The van der Waals surface area contributed by atoms with Gasteiger partial charge in [-0.1, -0.05) is 50.3 Å². The maximum absolute atomic E-state index is 3.76. The molecule has 1 aliphatic carbocycles. The Bertz CT molecular complexity index is 368. The van der Waals surface area contributed by atoms with Crippen molar-refractivity contribution in [3.05, 3.63) is 29.8 Å². The molecule has 0 spiro atoms. The summed E-state index contributed by atoms with van der Waals surface area (Å²) in [5.74, 6) is 2.18. The quantitative estimate of drug-likeness (QED) is 0.674. The second-order valence-electron chi connectivity index (χ2n) is 6.16. The van der Waals surface area contributed by atoms with Crippen LogP contribution in [0.5, 0.6) is 0 Å². The monoisotopic (exact) mass is 291 g/mol. The molecule has 0 aromatic heterocycles. The summed E-state index contributed by atoms with van der Waals surface area (Å²) in [6.07, 6.45) is 8.43. The summed E-state index contributed by atoms with van der Waals surface area (Å²) in [5.41, 5.74) is 1.35. The molecule has 0 aliphatic heterocycles. The number of aryl methyl sites for hydroxylation is 1. The highest BCUT2D eigenvalue weighted by molar-refractivity contribution is 7.99. The summed E-state index contributed by atoms with van der Waals surface area (Å²) in [4.78, 5) is 1.41. The fraction of sp³-hybridized carbons (Fsp3) is 0.667. The van der Waals surface area contributed by atoms with Crippen molar-refractivity contribution in [3.8, 4) is 0 Å². The Kier molecular flexibility index (Phi) is 6.95. The van der Waals surface area contributed by atoms with Gasteiger partial charge in [-0.15, -0.1) is 11.8 Å². The standard InChI is InChI=1S/C18H29NS/c1-3-12-19-17(13-16-6-4-5-7-16)14-20-18-10-8-15(2)9-11-18/h8-11,16-17,19H,3-7,12-14H2,1-2H3. The van der Waals surface area contributed by atoms with E-state index < -0.39 is 0 Å². The van der Waals surface area contributed by atoms with Crippen LogP contribution in [-0.2, 0) is 0 Å². The maximum Gasteiger partial charge on any atom is 0.0164 e. The molecule has 1 aromatic rings. The molecule has 1 N–H and O–H groups in total. The fourth-order valence-electron chi connectivity index (χ4n) is 3.04. The number of hydrogen-bond acceptors (Lipinski definition) is 2. The van der Waals surface area contributed by atoms with E-state index >= 15 is 0 Å². The van der Waals surface area contributed by atoms with Gasteiger partial charge >= 0.3 is 0 Å². The lowest BCUT2D eigenvalue weighted by Crippen LogP contribution is -2.33. The lowest BCUT2D eigenvalue weighted by Gasteiger charge is -2.21. The van der Waals surface area contributed by atoms with Gasteiger partial charge in [-0.25, -0.2) is 0 Å². The Morgan fingerprint density at radius 2 is 1.90 bits per heavy atom. The normalized spacial score (nSPS) is 17.5. The Hall–Kier alpha value is -0.470. The molecule has 1 saturated carbocycles. The van der Waals surface area contributed by atoms with E-state index in [1.54, 1.807) is 0 Å². The van der Waals surface area contributed by atoms with E-state index in [2.05, 4.69) is 43.4 Å². The highest BCUT2D eigenvalue weighted by Gasteiger charge is 2.19. The molecule has 112 valence electrons. The van der Waals surface area contributed by atoms with Gasteiger partial charge in [0.15, 0.2) is 0 Å². The predicted octanol–water partition coefficient (Wildman–Crippen LogP) is 5.04. The van der Waals surface area contributed by atoms with Crippen molar-refractivity contribution in [2.75, 3.05) is 12.3 Å². The Morgan fingerprint density at radius 3 is 2.55 bits per heavy atom. The van der Waals surface area contributed by atoms with Gasteiger partial charge in [0, 0.05) is 16.7 Å². The van der Waals surface area contributed by atoms with Gasteiger partial charge in [-0.2, -0.15) is 0 Å². The van der Waals surface area contributed by atoms with Gasteiger partial charge in [0.2, 0.25) is 0 Å². The van der Waals surface area contributed by atoms with Crippen LogP contribution in [0.15, 0.2) is 29.2 Å². The van der Waals surface area contributed by atoms with E-state index in [0.717, 1.165) is 12.5 Å². The zero-order chi connectivity index (χ0) is 14.2. The number of rotatable bonds is 8. The maximum atomic E-state index is 3.76. The van der Waals surface area contributed by atoms with E-state index in [0.29, 0.717) is 6.04 Å². The molecule has 2 rings (SSSR count). The average Bonchev–Trinajstić information content (AvgIpc) is 2.96. The van der Waals surface area contributed by atoms with Crippen molar-refractivity contribution in [2.24, 2.45) is 5.92 Å². The number of benzene rings is 1. The van der Waals surface area contributed by atoms with Gasteiger partial charge in [-0.05, 0) is 44.4 Å². The predicted molar refractivity (Wildman–Crippen MR) is 90.6 cm³/mol. The first-order valence-corrected chi connectivity index (χ1v) is 9.19. The molecule has 1 nitrogen and oxygen atoms in total. The zero-order valence-electron chi connectivity index (χ0n) is 13.0. The van der Waals surface area contributed by atoms with Crippen molar-refractivity contribution >= 4 is 11.8 Å². The van der Waals surface area contributed by atoms with Crippen LogP contribution in [0.4, 0.5) is 0 Å². The molecule has 1 unspecified atom stereocenters. The minimum atomic E-state index is 0.685. The number of nitrogens with one attached hydrogen (secondary N) is 1. The first kappa shape index (κ1) is 15.9. The van der Waals surface area contributed by atoms with Gasteiger partial charge < -0.3 is 5.32 Å². The average molecular weight is 292 g/mol. The third-order valence-corrected chi connectivity index (χ3v) is 5.42. The largest absolute Gasteiger partial charge is 0.313 e. The third kappa shape index (κ3) is 5.49. The van der Waals surface area contributed by atoms with E-state index in [4.69, 9.17) is 0 Å². The molecule has 0 bridgehead atoms. The first-order valence-electron chi connectivity index (χ1n) is 8.20. The molecule has 1 atom stereocenters. The molecule has 20 heavy (non-hydrogen) atoms. The molecular weight excluding hydrogens is 262 g/mol. The van der Waals surface area contributed by atoms with Crippen molar-refractivity contribution in [3.63, 3.8) is 0 Å². The van der Waals surface area contributed by atoms with Crippen LogP contribution in [0, 0.1) is 12.8 Å². The highest BCUT2D eigenvalue weighted by Crippen LogP contribution is 2.30. The highest BCUT2D eigenvalue weighted by atomic mass is 32.2. The zero-order valence-corrected chi connectivity index (χ0v) is 13.8. The van der Waals surface area contributed by atoms with Crippen LogP contribution in [0.25, 0.3) is 0 Å². The molecule has 2 heteroatoms.